The van der Waals surface area contributed by atoms with Crippen molar-refractivity contribution in [2.24, 2.45) is 5.92 Å². The Bertz CT molecular complexity index is 509. The van der Waals surface area contributed by atoms with Crippen LogP contribution < -0.4 is 0 Å². The molecule has 0 spiro atoms. The van der Waals surface area contributed by atoms with Gasteiger partial charge in [0.2, 0.25) is 5.91 Å². The molecule has 1 N–H and O–H groups in total. The zero-order valence-corrected chi connectivity index (χ0v) is 13.0. The lowest BCUT2D eigenvalue weighted by molar-refractivity contribution is -0.158. The van der Waals surface area contributed by atoms with Gasteiger partial charge in [0.1, 0.15) is 5.60 Å². The predicted octanol–water partition coefficient (Wildman–Crippen LogP) is 2.80. The first kappa shape index (κ1) is 14.2. The summed E-state index contributed by atoms with van der Waals surface area (Å²) in [4.78, 5) is 15.1. The summed E-state index contributed by atoms with van der Waals surface area (Å²) in [6, 6.07) is 7.51. The lowest BCUT2D eigenvalue weighted by atomic mass is 9.88. The number of halogens is 1. The highest BCUT2D eigenvalue weighted by atomic mass is 35.5. The summed E-state index contributed by atoms with van der Waals surface area (Å²) < 4.78 is 0. The number of carbonyl (C=O) groups excluding carboxylic acids is 1. The Hall–Kier alpha value is -0.710. The molecule has 0 aromatic heterocycles. The number of benzene rings is 1. The van der Waals surface area contributed by atoms with Gasteiger partial charge in [0.25, 0.3) is 0 Å². The van der Waals surface area contributed by atoms with Crippen LogP contribution in [0.2, 0.25) is 5.02 Å². The molecule has 1 saturated carbocycles. The minimum absolute atomic E-state index is 0.107. The van der Waals surface area contributed by atoms with Crippen LogP contribution in [0.15, 0.2) is 29.2 Å². The van der Waals surface area contributed by atoms with Crippen molar-refractivity contribution in [3.8, 4) is 0 Å². The van der Waals surface area contributed by atoms with Crippen LogP contribution in [0.25, 0.3) is 0 Å². The summed E-state index contributed by atoms with van der Waals surface area (Å²) >= 11 is 7.38. The van der Waals surface area contributed by atoms with Gasteiger partial charge in [0, 0.05) is 9.92 Å². The fourth-order valence-electron chi connectivity index (χ4n) is 2.67. The van der Waals surface area contributed by atoms with Gasteiger partial charge in [-0.3, -0.25) is 4.79 Å². The first-order valence-electron chi connectivity index (χ1n) is 6.91. The van der Waals surface area contributed by atoms with Gasteiger partial charge in [-0.25, -0.2) is 0 Å². The average molecular weight is 312 g/mol. The second kappa shape index (κ2) is 5.24. The first-order valence-corrected chi connectivity index (χ1v) is 8.17. The highest BCUT2D eigenvalue weighted by Gasteiger charge is 2.53. The van der Waals surface area contributed by atoms with Crippen LogP contribution >= 0.6 is 23.4 Å². The molecule has 1 aliphatic carbocycles. The molecule has 1 unspecified atom stereocenters. The fraction of sp³-hybridized carbons (Fsp3) is 0.533. The number of amides is 1. The summed E-state index contributed by atoms with van der Waals surface area (Å²) in [5.74, 6) is 0.529. The Morgan fingerprint density at radius 1 is 1.40 bits per heavy atom. The first-order chi connectivity index (χ1) is 9.48. The molecule has 108 valence electrons. The number of β-amino-alcohol motifs (C(OH)–C–C–N with tert-alkyl or cyclic N) is 1. The molecule has 1 atom stereocenters. The van der Waals surface area contributed by atoms with Crippen molar-refractivity contribution in [2.75, 3.05) is 13.1 Å². The predicted molar refractivity (Wildman–Crippen MR) is 81.0 cm³/mol. The highest BCUT2D eigenvalue weighted by Crippen LogP contribution is 2.45. The maximum atomic E-state index is 12.3. The van der Waals surface area contributed by atoms with Crippen LogP contribution in [-0.2, 0) is 4.79 Å². The molecule has 0 bridgehead atoms. The summed E-state index contributed by atoms with van der Waals surface area (Å²) in [6.45, 7) is 2.92. The standard InChI is InChI=1S/C15H18ClNO2S/c1-10(20-13-6-4-12(16)5-7-13)14(18)17-8-15(19,9-17)11-2-3-11/h4-7,10-11,19H,2-3,8-9H2,1H3. The molecule has 2 fully saturated rings. The number of carbonyl (C=O) groups is 1. The van der Waals surface area contributed by atoms with Gasteiger partial charge in [-0.1, -0.05) is 11.6 Å². The topological polar surface area (TPSA) is 40.5 Å². The summed E-state index contributed by atoms with van der Waals surface area (Å²) in [6.07, 6.45) is 2.21. The monoisotopic (exact) mass is 311 g/mol. The van der Waals surface area contributed by atoms with E-state index in [2.05, 4.69) is 0 Å². The Morgan fingerprint density at radius 3 is 2.55 bits per heavy atom. The molecule has 1 heterocycles. The van der Waals surface area contributed by atoms with Crippen LogP contribution in [0.5, 0.6) is 0 Å². The number of hydrogen-bond acceptors (Lipinski definition) is 3. The molecular weight excluding hydrogens is 294 g/mol. The number of hydrogen-bond donors (Lipinski definition) is 1. The molecule has 1 aromatic carbocycles. The largest absolute Gasteiger partial charge is 0.386 e. The molecule has 1 saturated heterocycles. The Morgan fingerprint density at radius 2 is 2.00 bits per heavy atom. The normalized spacial score (nSPS) is 22.2. The zero-order chi connectivity index (χ0) is 14.3. The van der Waals surface area contributed by atoms with E-state index >= 15 is 0 Å². The lowest BCUT2D eigenvalue weighted by Crippen LogP contribution is -2.65. The average Bonchev–Trinajstić information content (AvgIpc) is 3.21. The minimum Gasteiger partial charge on any atom is -0.386 e. The Balaban J connectivity index is 1.54. The van der Waals surface area contributed by atoms with E-state index in [1.54, 1.807) is 4.90 Å². The van der Waals surface area contributed by atoms with E-state index in [1.165, 1.54) is 11.8 Å². The quantitative estimate of drug-likeness (QED) is 0.869. The van der Waals surface area contributed by atoms with Crippen molar-refractivity contribution in [2.45, 2.75) is 35.5 Å². The number of thioether (sulfide) groups is 1. The van der Waals surface area contributed by atoms with Gasteiger partial charge in [-0.15, -0.1) is 11.8 Å². The molecule has 2 aliphatic rings. The van der Waals surface area contributed by atoms with E-state index in [4.69, 9.17) is 11.6 Å². The number of nitrogens with zero attached hydrogens (tertiary/aromatic N) is 1. The summed E-state index contributed by atoms with van der Waals surface area (Å²) in [7, 11) is 0. The molecule has 20 heavy (non-hydrogen) atoms. The molecule has 5 heteroatoms. The van der Waals surface area contributed by atoms with Crippen LogP contribution in [0.3, 0.4) is 0 Å². The molecule has 1 amide bonds. The minimum atomic E-state index is -0.597. The van der Waals surface area contributed by atoms with E-state index < -0.39 is 5.60 Å². The Labute approximate surface area is 128 Å². The van der Waals surface area contributed by atoms with Crippen LogP contribution in [-0.4, -0.2) is 39.9 Å². The third-order valence-corrected chi connectivity index (χ3v) is 5.40. The van der Waals surface area contributed by atoms with Crippen molar-refractivity contribution in [1.29, 1.82) is 0 Å². The summed E-state index contributed by atoms with van der Waals surface area (Å²) in [5.41, 5.74) is -0.597. The van der Waals surface area contributed by atoms with Crippen molar-refractivity contribution in [3.05, 3.63) is 29.3 Å². The number of rotatable bonds is 4. The smallest absolute Gasteiger partial charge is 0.235 e. The van der Waals surface area contributed by atoms with E-state index in [9.17, 15) is 9.90 Å². The zero-order valence-electron chi connectivity index (χ0n) is 11.4. The second-order valence-corrected chi connectivity index (χ2v) is 7.64. The molecule has 1 aliphatic heterocycles. The van der Waals surface area contributed by atoms with E-state index in [-0.39, 0.29) is 11.2 Å². The SMILES string of the molecule is CC(Sc1ccc(Cl)cc1)C(=O)N1CC(O)(C2CC2)C1. The van der Waals surface area contributed by atoms with Gasteiger partial charge in [-0.05, 0) is 49.9 Å². The van der Waals surface area contributed by atoms with Gasteiger partial charge >= 0.3 is 0 Å². The molecule has 3 nitrogen and oxygen atoms in total. The van der Waals surface area contributed by atoms with Gasteiger partial charge in [0.15, 0.2) is 0 Å². The van der Waals surface area contributed by atoms with Crippen molar-refractivity contribution in [3.63, 3.8) is 0 Å². The van der Waals surface area contributed by atoms with Crippen LogP contribution in [0.4, 0.5) is 0 Å². The molecular formula is C15H18ClNO2S. The maximum absolute atomic E-state index is 12.3. The van der Waals surface area contributed by atoms with Crippen molar-refractivity contribution >= 4 is 29.3 Å². The third kappa shape index (κ3) is 2.83. The third-order valence-electron chi connectivity index (χ3n) is 4.05. The molecule has 1 aromatic rings. The van der Waals surface area contributed by atoms with Crippen LogP contribution in [0.1, 0.15) is 19.8 Å². The maximum Gasteiger partial charge on any atom is 0.235 e. The summed E-state index contributed by atoms with van der Waals surface area (Å²) in [5, 5.41) is 10.8. The molecule has 0 radical (unpaired) electrons. The fourth-order valence-corrected chi connectivity index (χ4v) is 3.75. The van der Waals surface area contributed by atoms with Crippen molar-refractivity contribution in [1.82, 2.24) is 4.90 Å². The van der Waals surface area contributed by atoms with Crippen LogP contribution in [0, 0.1) is 5.92 Å². The van der Waals surface area contributed by atoms with E-state index in [1.807, 2.05) is 31.2 Å². The van der Waals surface area contributed by atoms with Gasteiger partial charge < -0.3 is 10.0 Å². The second-order valence-electron chi connectivity index (χ2n) is 5.79. The van der Waals surface area contributed by atoms with Crippen molar-refractivity contribution < 1.29 is 9.90 Å². The lowest BCUT2D eigenvalue weighted by Gasteiger charge is -2.47. The highest BCUT2D eigenvalue weighted by molar-refractivity contribution is 8.00. The number of aliphatic hydroxyl groups is 1. The van der Waals surface area contributed by atoms with Gasteiger partial charge in [0.05, 0.1) is 18.3 Å². The Kier molecular flexibility index (Phi) is 3.73. The van der Waals surface area contributed by atoms with E-state index in [0.717, 1.165) is 17.7 Å². The number of likely N-dealkylation sites (tertiary alicyclic amines) is 1. The molecule has 3 rings (SSSR count). The van der Waals surface area contributed by atoms with Gasteiger partial charge in [-0.2, -0.15) is 0 Å². The van der Waals surface area contributed by atoms with E-state index in [0.29, 0.717) is 24.0 Å².